The van der Waals surface area contributed by atoms with Gasteiger partial charge in [0.25, 0.3) is 5.91 Å². The average Bonchev–Trinajstić information content (AvgIpc) is 3.22. The van der Waals surface area contributed by atoms with Gasteiger partial charge in [-0.3, -0.25) is 4.79 Å². The fourth-order valence-corrected chi connectivity index (χ4v) is 5.02. The van der Waals surface area contributed by atoms with Crippen LogP contribution in [0.3, 0.4) is 0 Å². The van der Waals surface area contributed by atoms with Gasteiger partial charge in [0.15, 0.2) is 0 Å². The molecule has 1 aliphatic heterocycles. The third-order valence-corrected chi connectivity index (χ3v) is 6.93. The molecule has 3 aromatic rings. The van der Waals surface area contributed by atoms with Gasteiger partial charge in [-0.05, 0) is 61.2 Å². The predicted octanol–water partition coefficient (Wildman–Crippen LogP) is 4.99. The average molecular weight is 521 g/mol. The Morgan fingerprint density at radius 2 is 1.89 bits per heavy atom. The van der Waals surface area contributed by atoms with E-state index in [1.54, 1.807) is 4.90 Å². The van der Waals surface area contributed by atoms with Crippen LogP contribution >= 0.6 is 11.6 Å². The van der Waals surface area contributed by atoms with Gasteiger partial charge in [0.1, 0.15) is 0 Å². The number of rotatable bonds is 3. The molecule has 1 aliphatic carbocycles. The number of aromatic amines is 1. The molecule has 3 N–H and O–H groups in total. The number of fused-ring (bicyclic) bond motifs is 3. The van der Waals surface area contributed by atoms with E-state index in [9.17, 15) is 22.8 Å². The minimum Gasteiger partial charge on any atom is -0.378 e. The zero-order chi connectivity index (χ0) is 25.4. The monoisotopic (exact) mass is 520 g/mol. The smallest absolute Gasteiger partial charge is 0.378 e. The number of ether oxygens (including phenoxy) is 1. The number of amides is 3. The number of hydrogen-bond acceptors (Lipinski definition) is 3. The highest BCUT2D eigenvalue weighted by atomic mass is 35.5. The second-order valence-corrected chi connectivity index (χ2v) is 9.38. The Kier molecular flexibility index (Phi) is 6.57. The quantitative estimate of drug-likeness (QED) is 0.455. The van der Waals surface area contributed by atoms with Gasteiger partial charge in [0, 0.05) is 47.0 Å². The van der Waals surface area contributed by atoms with E-state index >= 15 is 0 Å². The first kappa shape index (κ1) is 24.5. The normalized spacial score (nSPS) is 18.1. The number of carbonyl (C=O) groups excluding carboxylic acids is 2. The SMILES string of the molecule is O=C(Nc1ccc(Cl)c(C(F)(F)F)c1)NC1CCc2[nH]c3ccc(C(=O)N4CCOCC4)cc3c2C1. The zero-order valence-electron chi connectivity index (χ0n) is 19.2. The van der Waals surface area contributed by atoms with Gasteiger partial charge in [-0.2, -0.15) is 13.2 Å². The summed E-state index contributed by atoms with van der Waals surface area (Å²) in [6.07, 6.45) is -2.73. The number of anilines is 1. The van der Waals surface area contributed by atoms with E-state index in [1.807, 2.05) is 18.2 Å². The van der Waals surface area contributed by atoms with Crippen molar-refractivity contribution in [1.29, 1.82) is 0 Å². The number of H-pyrrole nitrogens is 1. The molecule has 11 heteroatoms. The fourth-order valence-electron chi connectivity index (χ4n) is 4.80. The lowest BCUT2D eigenvalue weighted by Crippen LogP contribution is -2.41. The molecule has 0 bridgehead atoms. The molecule has 1 atom stereocenters. The van der Waals surface area contributed by atoms with Crippen molar-refractivity contribution in [3.63, 3.8) is 0 Å². The summed E-state index contributed by atoms with van der Waals surface area (Å²) in [5.74, 6) is -0.0406. The van der Waals surface area contributed by atoms with Crippen molar-refractivity contribution >= 4 is 40.1 Å². The van der Waals surface area contributed by atoms with Crippen molar-refractivity contribution in [2.75, 3.05) is 31.6 Å². The molecule has 2 aromatic carbocycles. The van der Waals surface area contributed by atoms with Crippen LogP contribution in [0.4, 0.5) is 23.7 Å². The number of alkyl halides is 3. The van der Waals surface area contributed by atoms with Crippen molar-refractivity contribution < 1.29 is 27.5 Å². The summed E-state index contributed by atoms with van der Waals surface area (Å²) in [5, 5.41) is 5.83. The lowest BCUT2D eigenvalue weighted by Gasteiger charge is -2.27. The summed E-state index contributed by atoms with van der Waals surface area (Å²) in [6.45, 7) is 2.16. The molecule has 1 saturated heterocycles. The molecule has 1 aromatic heterocycles. The second kappa shape index (κ2) is 9.67. The molecule has 1 unspecified atom stereocenters. The van der Waals surface area contributed by atoms with Crippen LogP contribution in [-0.4, -0.2) is 54.2 Å². The Morgan fingerprint density at radius 1 is 1.11 bits per heavy atom. The van der Waals surface area contributed by atoms with Crippen molar-refractivity contribution in [3.8, 4) is 0 Å². The van der Waals surface area contributed by atoms with Crippen LogP contribution in [0.25, 0.3) is 10.9 Å². The summed E-state index contributed by atoms with van der Waals surface area (Å²) in [4.78, 5) is 30.7. The largest absolute Gasteiger partial charge is 0.417 e. The molecular formula is C25H24ClF3N4O3. The minimum absolute atomic E-state index is 0.000848. The highest BCUT2D eigenvalue weighted by Crippen LogP contribution is 2.36. The van der Waals surface area contributed by atoms with Gasteiger partial charge in [-0.25, -0.2) is 4.79 Å². The molecule has 190 valence electrons. The van der Waals surface area contributed by atoms with Gasteiger partial charge < -0.3 is 25.3 Å². The maximum absolute atomic E-state index is 13.1. The summed E-state index contributed by atoms with van der Waals surface area (Å²) < 4.78 is 44.7. The van der Waals surface area contributed by atoms with E-state index in [1.165, 1.54) is 6.07 Å². The first-order chi connectivity index (χ1) is 17.2. The van der Waals surface area contributed by atoms with E-state index in [0.29, 0.717) is 51.1 Å². The molecule has 5 rings (SSSR count). The number of nitrogens with zero attached hydrogens (tertiary/aromatic N) is 1. The van der Waals surface area contributed by atoms with E-state index < -0.39 is 22.8 Å². The summed E-state index contributed by atoms with van der Waals surface area (Å²) in [6, 6.07) is 8.02. The fraction of sp³-hybridized carbons (Fsp3) is 0.360. The van der Waals surface area contributed by atoms with Gasteiger partial charge >= 0.3 is 12.2 Å². The molecule has 0 spiro atoms. The van der Waals surface area contributed by atoms with Crippen LogP contribution in [0.5, 0.6) is 0 Å². The third kappa shape index (κ3) is 5.01. The number of aryl methyl sites for hydroxylation is 1. The number of hydrogen-bond donors (Lipinski definition) is 3. The van der Waals surface area contributed by atoms with Gasteiger partial charge in [0.2, 0.25) is 0 Å². The Bertz CT molecular complexity index is 1320. The van der Waals surface area contributed by atoms with Crippen LogP contribution in [-0.2, 0) is 23.8 Å². The summed E-state index contributed by atoms with van der Waals surface area (Å²) >= 11 is 5.65. The molecule has 2 heterocycles. The number of aromatic nitrogens is 1. The van der Waals surface area contributed by atoms with Crippen molar-refractivity contribution in [3.05, 3.63) is 63.8 Å². The molecule has 3 amide bonds. The maximum atomic E-state index is 13.1. The van der Waals surface area contributed by atoms with E-state index in [4.69, 9.17) is 16.3 Å². The van der Waals surface area contributed by atoms with Crippen LogP contribution in [0.1, 0.15) is 33.6 Å². The van der Waals surface area contributed by atoms with Crippen LogP contribution in [0.2, 0.25) is 5.02 Å². The molecule has 0 saturated carbocycles. The third-order valence-electron chi connectivity index (χ3n) is 6.60. The Hall–Kier alpha value is -3.24. The predicted molar refractivity (Wildman–Crippen MR) is 129 cm³/mol. The maximum Gasteiger partial charge on any atom is 0.417 e. The van der Waals surface area contributed by atoms with Gasteiger partial charge in [0.05, 0.1) is 23.8 Å². The number of halogens is 4. The standard InChI is InChI=1S/C25H24ClF3N4O3/c26-20-4-2-16(13-19(20)25(27,28)29)31-24(35)30-15-3-6-22-18(12-15)17-11-14(1-5-21(17)32-22)23(34)33-7-9-36-10-8-33/h1-2,4-5,11,13,15,32H,3,6-10,12H2,(H2,30,31,35). The first-order valence-electron chi connectivity index (χ1n) is 11.6. The van der Waals surface area contributed by atoms with Crippen LogP contribution < -0.4 is 10.6 Å². The molecular weight excluding hydrogens is 497 g/mol. The van der Waals surface area contributed by atoms with Crippen molar-refractivity contribution in [2.24, 2.45) is 0 Å². The number of nitrogens with one attached hydrogen (secondary N) is 3. The molecule has 1 fully saturated rings. The molecule has 36 heavy (non-hydrogen) atoms. The van der Waals surface area contributed by atoms with E-state index in [-0.39, 0.29) is 17.6 Å². The molecule has 0 radical (unpaired) electrons. The summed E-state index contributed by atoms with van der Waals surface area (Å²) in [7, 11) is 0. The van der Waals surface area contributed by atoms with Crippen molar-refractivity contribution in [2.45, 2.75) is 31.5 Å². The Balaban J connectivity index is 1.29. The Labute approximate surface area is 209 Å². The summed E-state index contributed by atoms with van der Waals surface area (Å²) in [5.41, 5.74) is 2.60. The molecule has 7 nitrogen and oxygen atoms in total. The Morgan fingerprint density at radius 3 is 2.64 bits per heavy atom. The van der Waals surface area contributed by atoms with Gasteiger partial charge in [-0.15, -0.1) is 0 Å². The van der Waals surface area contributed by atoms with E-state index in [2.05, 4.69) is 15.6 Å². The minimum atomic E-state index is -4.62. The number of benzene rings is 2. The molecule has 2 aliphatic rings. The first-order valence-corrected chi connectivity index (χ1v) is 12.0. The number of urea groups is 1. The lowest BCUT2D eigenvalue weighted by atomic mass is 9.91. The van der Waals surface area contributed by atoms with E-state index in [0.717, 1.165) is 34.3 Å². The van der Waals surface area contributed by atoms with Gasteiger partial charge in [-0.1, -0.05) is 11.6 Å². The second-order valence-electron chi connectivity index (χ2n) is 8.98. The topological polar surface area (TPSA) is 86.5 Å². The highest BCUT2D eigenvalue weighted by Gasteiger charge is 2.33. The lowest BCUT2D eigenvalue weighted by molar-refractivity contribution is -0.137. The highest BCUT2D eigenvalue weighted by molar-refractivity contribution is 6.31. The number of morpholine rings is 1. The van der Waals surface area contributed by atoms with Crippen molar-refractivity contribution in [1.82, 2.24) is 15.2 Å². The number of carbonyl (C=O) groups is 2. The van der Waals surface area contributed by atoms with Crippen LogP contribution in [0.15, 0.2) is 36.4 Å². The zero-order valence-corrected chi connectivity index (χ0v) is 19.9. The van der Waals surface area contributed by atoms with Crippen LogP contribution in [0, 0.1) is 0 Å².